The van der Waals surface area contributed by atoms with Gasteiger partial charge in [-0.3, -0.25) is 9.78 Å². The minimum Gasteiger partial charge on any atom is -0.489 e. The van der Waals surface area contributed by atoms with Crippen LogP contribution in [0.2, 0.25) is 0 Å². The molecule has 1 amide bonds. The highest BCUT2D eigenvalue weighted by Crippen LogP contribution is 2.24. The summed E-state index contributed by atoms with van der Waals surface area (Å²) in [4.78, 5) is 18.0. The number of likely N-dealkylation sites (N-methyl/N-ethyl adjacent to an activating group) is 1. The van der Waals surface area contributed by atoms with E-state index in [2.05, 4.69) is 10.3 Å². The van der Waals surface area contributed by atoms with E-state index in [-0.39, 0.29) is 12.0 Å². The van der Waals surface area contributed by atoms with Crippen LogP contribution in [0.3, 0.4) is 0 Å². The molecule has 0 atom stereocenters. The first-order valence-corrected chi connectivity index (χ1v) is 8.68. The zero-order chi connectivity index (χ0) is 18.1. The lowest BCUT2D eigenvalue weighted by molar-refractivity contribution is -0.129. The van der Waals surface area contributed by atoms with Crippen molar-refractivity contribution in [3.63, 3.8) is 0 Å². The molecule has 2 rings (SSSR count). The summed E-state index contributed by atoms with van der Waals surface area (Å²) in [6.45, 7) is 5.28. The number of nitrogens with one attached hydrogen (secondary N) is 1. The van der Waals surface area contributed by atoms with Gasteiger partial charge in [0.2, 0.25) is 5.91 Å². The molecule has 0 bridgehead atoms. The molecule has 0 saturated carbocycles. The van der Waals surface area contributed by atoms with E-state index in [0.29, 0.717) is 19.5 Å². The molecule has 0 fully saturated rings. The van der Waals surface area contributed by atoms with Crippen LogP contribution in [0, 0.1) is 0 Å². The van der Waals surface area contributed by atoms with E-state index in [1.807, 2.05) is 57.3 Å². The minimum absolute atomic E-state index is 0.115. The number of hydrogen-bond acceptors (Lipinski definition) is 4. The van der Waals surface area contributed by atoms with Gasteiger partial charge in [-0.2, -0.15) is 0 Å². The number of benzene rings is 1. The van der Waals surface area contributed by atoms with Crippen LogP contribution >= 0.6 is 0 Å². The summed E-state index contributed by atoms with van der Waals surface area (Å²) in [6, 6.07) is 11.8. The first kappa shape index (κ1) is 18.8. The van der Waals surface area contributed by atoms with Crippen molar-refractivity contribution in [2.75, 3.05) is 25.5 Å². The normalized spacial score (nSPS) is 10.6. The third kappa shape index (κ3) is 6.45. The Hall–Kier alpha value is -2.56. The number of rotatable bonds is 9. The van der Waals surface area contributed by atoms with Gasteiger partial charge in [0.05, 0.1) is 11.8 Å². The summed E-state index contributed by atoms with van der Waals surface area (Å²) in [5.41, 5.74) is 2.11. The van der Waals surface area contributed by atoms with Crippen molar-refractivity contribution >= 4 is 11.6 Å². The van der Waals surface area contributed by atoms with Crippen LogP contribution in [-0.2, 0) is 11.2 Å². The maximum absolute atomic E-state index is 12.3. The summed E-state index contributed by atoms with van der Waals surface area (Å²) in [7, 11) is 1.85. The Kier molecular flexibility index (Phi) is 7.26. The number of carbonyl (C=O) groups is 1. The number of ether oxygens (including phenoxy) is 1. The number of anilines is 1. The van der Waals surface area contributed by atoms with E-state index in [1.54, 1.807) is 17.3 Å². The molecule has 0 aliphatic rings. The molecule has 1 aromatic heterocycles. The van der Waals surface area contributed by atoms with Gasteiger partial charge < -0.3 is 15.0 Å². The van der Waals surface area contributed by atoms with Crippen LogP contribution in [-0.4, -0.2) is 42.0 Å². The van der Waals surface area contributed by atoms with Crippen molar-refractivity contribution in [2.45, 2.75) is 32.8 Å². The topological polar surface area (TPSA) is 54.5 Å². The molecular weight excluding hydrogens is 314 g/mol. The molecule has 1 heterocycles. The van der Waals surface area contributed by atoms with Crippen molar-refractivity contribution < 1.29 is 9.53 Å². The SMILES string of the molecule is CC(C)Oc1ccccc1NCCC(=O)N(C)CCc1ccncc1. The monoisotopic (exact) mass is 341 g/mol. The molecular formula is C20H27N3O2. The average molecular weight is 341 g/mol. The molecule has 0 radical (unpaired) electrons. The Balaban J connectivity index is 1.76. The molecule has 1 aromatic carbocycles. The Morgan fingerprint density at radius 3 is 2.64 bits per heavy atom. The smallest absolute Gasteiger partial charge is 0.224 e. The molecule has 2 aromatic rings. The molecule has 5 nitrogen and oxygen atoms in total. The molecule has 134 valence electrons. The maximum atomic E-state index is 12.3. The quantitative estimate of drug-likeness (QED) is 0.760. The summed E-state index contributed by atoms with van der Waals surface area (Å²) in [5.74, 6) is 0.944. The highest BCUT2D eigenvalue weighted by molar-refractivity contribution is 5.76. The Morgan fingerprint density at radius 1 is 1.20 bits per heavy atom. The van der Waals surface area contributed by atoms with Crippen LogP contribution in [0.5, 0.6) is 5.75 Å². The van der Waals surface area contributed by atoms with Crippen LogP contribution in [0.4, 0.5) is 5.69 Å². The second-order valence-electron chi connectivity index (χ2n) is 6.26. The summed E-state index contributed by atoms with van der Waals surface area (Å²) in [5, 5.41) is 3.30. The van der Waals surface area contributed by atoms with E-state index in [1.165, 1.54) is 5.56 Å². The fraction of sp³-hybridized carbons (Fsp3) is 0.400. The Morgan fingerprint density at radius 2 is 1.92 bits per heavy atom. The van der Waals surface area contributed by atoms with Gasteiger partial charge in [0.15, 0.2) is 0 Å². The molecule has 1 N–H and O–H groups in total. The number of aromatic nitrogens is 1. The third-order valence-electron chi connectivity index (χ3n) is 3.82. The van der Waals surface area contributed by atoms with Gasteiger partial charge in [0.25, 0.3) is 0 Å². The standard InChI is InChI=1S/C20H27N3O2/c1-16(2)25-19-7-5-4-6-18(19)22-14-10-20(24)23(3)15-11-17-8-12-21-13-9-17/h4-9,12-13,16,22H,10-11,14-15H2,1-3H3. The predicted octanol–water partition coefficient (Wildman–Crippen LogP) is 3.37. The maximum Gasteiger partial charge on any atom is 0.224 e. The highest BCUT2D eigenvalue weighted by Gasteiger charge is 2.10. The van der Waals surface area contributed by atoms with Gasteiger partial charge in [-0.15, -0.1) is 0 Å². The Bertz CT molecular complexity index is 659. The van der Waals surface area contributed by atoms with Crippen molar-refractivity contribution in [3.8, 4) is 5.75 Å². The van der Waals surface area contributed by atoms with Crippen LogP contribution in [0.1, 0.15) is 25.8 Å². The lowest BCUT2D eigenvalue weighted by atomic mass is 10.2. The van der Waals surface area contributed by atoms with Gasteiger partial charge >= 0.3 is 0 Å². The van der Waals surface area contributed by atoms with Crippen LogP contribution < -0.4 is 10.1 Å². The van der Waals surface area contributed by atoms with Gasteiger partial charge in [0, 0.05) is 39.0 Å². The molecule has 0 aliphatic carbocycles. The molecule has 0 unspecified atom stereocenters. The van der Waals surface area contributed by atoms with Crippen LogP contribution in [0.25, 0.3) is 0 Å². The van der Waals surface area contributed by atoms with Crippen molar-refractivity contribution in [3.05, 3.63) is 54.4 Å². The van der Waals surface area contributed by atoms with E-state index < -0.39 is 0 Å². The fourth-order valence-corrected chi connectivity index (χ4v) is 2.44. The summed E-state index contributed by atoms with van der Waals surface area (Å²) in [6.07, 6.45) is 4.95. The fourth-order valence-electron chi connectivity index (χ4n) is 2.44. The molecule has 25 heavy (non-hydrogen) atoms. The number of nitrogens with zero attached hydrogens (tertiary/aromatic N) is 2. The van der Waals surface area contributed by atoms with Gasteiger partial charge in [-0.25, -0.2) is 0 Å². The van der Waals surface area contributed by atoms with Crippen molar-refractivity contribution in [1.29, 1.82) is 0 Å². The van der Waals surface area contributed by atoms with Gasteiger partial charge in [-0.05, 0) is 50.1 Å². The summed E-state index contributed by atoms with van der Waals surface area (Å²) < 4.78 is 5.77. The number of carbonyl (C=O) groups excluding carboxylic acids is 1. The van der Waals surface area contributed by atoms with E-state index >= 15 is 0 Å². The minimum atomic E-state index is 0.115. The molecule has 0 saturated heterocycles. The van der Waals surface area contributed by atoms with E-state index in [9.17, 15) is 4.79 Å². The number of para-hydroxylation sites is 2. The van der Waals surface area contributed by atoms with Crippen LogP contribution in [0.15, 0.2) is 48.8 Å². The van der Waals surface area contributed by atoms with Crippen molar-refractivity contribution in [1.82, 2.24) is 9.88 Å². The second kappa shape index (κ2) is 9.67. The first-order valence-electron chi connectivity index (χ1n) is 8.68. The molecule has 5 heteroatoms. The van der Waals surface area contributed by atoms with Gasteiger partial charge in [0.1, 0.15) is 5.75 Å². The Labute approximate surface area is 150 Å². The highest BCUT2D eigenvalue weighted by atomic mass is 16.5. The third-order valence-corrected chi connectivity index (χ3v) is 3.82. The van der Waals surface area contributed by atoms with E-state index in [0.717, 1.165) is 17.9 Å². The molecule has 0 aliphatic heterocycles. The number of amides is 1. The van der Waals surface area contributed by atoms with E-state index in [4.69, 9.17) is 4.74 Å². The number of pyridine rings is 1. The predicted molar refractivity (Wildman–Crippen MR) is 101 cm³/mol. The molecule has 0 spiro atoms. The lowest BCUT2D eigenvalue weighted by Crippen LogP contribution is -2.30. The zero-order valence-electron chi connectivity index (χ0n) is 15.2. The number of hydrogen-bond donors (Lipinski definition) is 1. The first-order chi connectivity index (χ1) is 12.1. The zero-order valence-corrected chi connectivity index (χ0v) is 15.2. The second-order valence-corrected chi connectivity index (χ2v) is 6.26. The largest absolute Gasteiger partial charge is 0.489 e. The summed E-state index contributed by atoms with van der Waals surface area (Å²) >= 11 is 0. The average Bonchev–Trinajstić information content (AvgIpc) is 2.61. The van der Waals surface area contributed by atoms with Crippen molar-refractivity contribution in [2.24, 2.45) is 0 Å². The van der Waals surface area contributed by atoms with Gasteiger partial charge in [-0.1, -0.05) is 12.1 Å². The lowest BCUT2D eigenvalue weighted by Gasteiger charge is -2.18.